The van der Waals surface area contributed by atoms with E-state index < -0.39 is 11.8 Å². The molecule has 0 atom stereocenters. The third-order valence-corrected chi connectivity index (χ3v) is 1.21. The number of ether oxygens (including phenoxy) is 2. The molecule has 0 aliphatic carbocycles. The van der Waals surface area contributed by atoms with Crippen LogP contribution in [0.15, 0.2) is 0 Å². The Morgan fingerprint density at radius 3 is 1.92 bits per heavy atom. The van der Waals surface area contributed by atoms with Crippen molar-refractivity contribution in [3.63, 3.8) is 0 Å². The summed E-state index contributed by atoms with van der Waals surface area (Å²) >= 11 is 0. The summed E-state index contributed by atoms with van der Waals surface area (Å²) in [5.74, 6) is -2.25. The van der Waals surface area contributed by atoms with Gasteiger partial charge >= 0.3 is 11.9 Å². The van der Waals surface area contributed by atoms with Crippen LogP contribution < -0.4 is 0 Å². The second kappa shape index (κ2) is 4.25. The first kappa shape index (κ1) is 11.9. The van der Waals surface area contributed by atoms with Gasteiger partial charge in [0, 0.05) is 20.8 Å². The molecular formula is C9H16O4. The Morgan fingerprint density at radius 1 is 1.15 bits per heavy atom. The molecular weight excluding hydrogens is 172 g/mol. The maximum absolute atomic E-state index is 11.1. The summed E-state index contributed by atoms with van der Waals surface area (Å²) in [6.07, 6.45) is 0. The third kappa shape index (κ3) is 5.22. The van der Waals surface area contributed by atoms with Crippen LogP contribution in [0, 0.1) is 5.92 Å². The SMILES string of the molecule is CC(=O)OC(C)(C)OC(=O)C(C)C. The predicted octanol–water partition coefficient (Wildman–Crippen LogP) is 1.48. The minimum Gasteiger partial charge on any atom is -0.423 e. The fourth-order valence-corrected chi connectivity index (χ4v) is 0.727. The first-order valence-electron chi connectivity index (χ1n) is 4.17. The van der Waals surface area contributed by atoms with Crippen molar-refractivity contribution in [1.29, 1.82) is 0 Å². The number of hydrogen-bond acceptors (Lipinski definition) is 4. The van der Waals surface area contributed by atoms with Crippen LogP contribution in [-0.4, -0.2) is 17.7 Å². The molecule has 0 aromatic heterocycles. The zero-order chi connectivity index (χ0) is 10.6. The molecule has 4 nitrogen and oxygen atoms in total. The van der Waals surface area contributed by atoms with Gasteiger partial charge in [-0.25, -0.2) is 0 Å². The van der Waals surface area contributed by atoms with Crippen LogP contribution in [0.3, 0.4) is 0 Å². The Balaban J connectivity index is 4.16. The number of carbonyl (C=O) groups is 2. The maximum Gasteiger partial charge on any atom is 0.311 e. The van der Waals surface area contributed by atoms with Crippen LogP contribution >= 0.6 is 0 Å². The first-order valence-corrected chi connectivity index (χ1v) is 4.17. The van der Waals surface area contributed by atoms with Gasteiger partial charge in [0.2, 0.25) is 0 Å². The van der Waals surface area contributed by atoms with Crippen molar-refractivity contribution >= 4 is 11.9 Å². The van der Waals surface area contributed by atoms with Crippen molar-refractivity contribution in [2.75, 3.05) is 0 Å². The molecule has 0 fully saturated rings. The number of esters is 2. The van der Waals surface area contributed by atoms with Crippen molar-refractivity contribution in [1.82, 2.24) is 0 Å². The summed E-state index contributed by atoms with van der Waals surface area (Å²) in [6, 6.07) is 0. The highest BCUT2D eigenvalue weighted by Gasteiger charge is 2.26. The largest absolute Gasteiger partial charge is 0.423 e. The molecule has 0 heterocycles. The Morgan fingerprint density at radius 2 is 1.62 bits per heavy atom. The van der Waals surface area contributed by atoms with E-state index in [4.69, 9.17) is 9.47 Å². The molecule has 0 aliphatic heterocycles. The van der Waals surface area contributed by atoms with Gasteiger partial charge < -0.3 is 9.47 Å². The van der Waals surface area contributed by atoms with E-state index in [-0.39, 0.29) is 11.9 Å². The molecule has 4 heteroatoms. The fourth-order valence-electron chi connectivity index (χ4n) is 0.727. The van der Waals surface area contributed by atoms with Gasteiger partial charge in [0.1, 0.15) is 0 Å². The Hall–Kier alpha value is -1.06. The maximum atomic E-state index is 11.1. The van der Waals surface area contributed by atoms with E-state index in [0.717, 1.165) is 0 Å². The lowest BCUT2D eigenvalue weighted by atomic mass is 10.2. The highest BCUT2D eigenvalue weighted by atomic mass is 16.7. The molecule has 0 bridgehead atoms. The van der Waals surface area contributed by atoms with Crippen LogP contribution in [0.1, 0.15) is 34.6 Å². The monoisotopic (exact) mass is 188 g/mol. The minimum absolute atomic E-state index is 0.227. The standard InChI is InChI=1S/C9H16O4/c1-6(2)8(11)13-9(4,5)12-7(3)10/h6H,1-5H3. The van der Waals surface area contributed by atoms with E-state index in [1.54, 1.807) is 13.8 Å². The smallest absolute Gasteiger partial charge is 0.311 e. The molecule has 0 aliphatic rings. The average molecular weight is 188 g/mol. The first-order chi connectivity index (χ1) is 5.74. The summed E-state index contributed by atoms with van der Waals surface area (Å²) < 4.78 is 9.70. The molecule has 0 spiro atoms. The average Bonchev–Trinajstić information content (AvgIpc) is 1.81. The molecule has 76 valence electrons. The van der Waals surface area contributed by atoms with Crippen LogP contribution in [0.25, 0.3) is 0 Å². The van der Waals surface area contributed by atoms with E-state index in [0.29, 0.717) is 0 Å². The normalized spacial score (nSPS) is 11.2. The quantitative estimate of drug-likeness (QED) is 0.497. The Bertz CT molecular complexity index is 206. The van der Waals surface area contributed by atoms with Gasteiger partial charge in [-0.15, -0.1) is 0 Å². The molecule has 0 aromatic rings. The second-order valence-corrected chi connectivity index (χ2v) is 3.57. The van der Waals surface area contributed by atoms with Gasteiger partial charge in [-0.2, -0.15) is 0 Å². The highest BCUT2D eigenvalue weighted by molar-refractivity contribution is 5.72. The summed E-state index contributed by atoms with van der Waals surface area (Å²) in [7, 11) is 0. The highest BCUT2D eigenvalue weighted by Crippen LogP contribution is 2.14. The molecule has 0 N–H and O–H groups in total. The molecule has 0 saturated carbocycles. The topological polar surface area (TPSA) is 52.6 Å². The Kier molecular flexibility index (Phi) is 3.91. The molecule has 0 radical (unpaired) electrons. The fraction of sp³-hybridized carbons (Fsp3) is 0.778. The lowest BCUT2D eigenvalue weighted by molar-refractivity contribution is -0.217. The summed E-state index contributed by atoms with van der Waals surface area (Å²) in [6.45, 7) is 7.74. The van der Waals surface area contributed by atoms with E-state index in [1.807, 2.05) is 0 Å². The zero-order valence-electron chi connectivity index (χ0n) is 8.71. The van der Waals surface area contributed by atoms with E-state index in [2.05, 4.69) is 0 Å². The lowest BCUT2D eigenvalue weighted by Gasteiger charge is -2.25. The molecule has 0 amide bonds. The van der Waals surface area contributed by atoms with Gasteiger partial charge in [-0.05, 0) is 0 Å². The number of hydrogen-bond donors (Lipinski definition) is 0. The predicted molar refractivity (Wildman–Crippen MR) is 46.8 cm³/mol. The molecule has 0 aromatic carbocycles. The van der Waals surface area contributed by atoms with Crippen molar-refractivity contribution in [2.24, 2.45) is 5.92 Å². The third-order valence-electron chi connectivity index (χ3n) is 1.21. The van der Waals surface area contributed by atoms with Gasteiger partial charge in [0.15, 0.2) is 0 Å². The lowest BCUT2D eigenvalue weighted by Crippen LogP contribution is -2.34. The van der Waals surface area contributed by atoms with E-state index >= 15 is 0 Å². The van der Waals surface area contributed by atoms with Crippen molar-refractivity contribution in [3.05, 3.63) is 0 Å². The van der Waals surface area contributed by atoms with Crippen molar-refractivity contribution in [2.45, 2.75) is 40.4 Å². The Labute approximate surface area is 78.2 Å². The van der Waals surface area contributed by atoms with Crippen LogP contribution in [0.2, 0.25) is 0 Å². The van der Waals surface area contributed by atoms with E-state index in [1.165, 1.54) is 20.8 Å². The molecule has 0 saturated heterocycles. The van der Waals surface area contributed by atoms with Gasteiger partial charge in [0.25, 0.3) is 5.79 Å². The summed E-state index contributed by atoms with van der Waals surface area (Å²) in [5, 5.41) is 0. The van der Waals surface area contributed by atoms with Crippen LogP contribution in [0.5, 0.6) is 0 Å². The van der Waals surface area contributed by atoms with E-state index in [9.17, 15) is 9.59 Å². The van der Waals surface area contributed by atoms with Crippen molar-refractivity contribution in [3.8, 4) is 0 Å². The van der Waals surface area contributed by atoms with Gasteiger partial charge in [0.05, 0.1) is 5.92 Å². The van der Waals surface area contributed by atoms with Gasteiger partial charge in [-0.1, -0.05) is 13.8 Å². The summed E-state index contributed by atoms with van der Waals surface area (Å²) in [5.41, 5.74) is 0. The van der Waals surface area contributed by atoms with Crippen LogP contribution in [0.4, 0.5) is 0 Å². The molecule has 13 heavy (non-hydrogen) atoms. The van der Waals surface area contributed by atoms with Crippen molar-refractivity contribution < 1.29 is 19.1 Å². The van der Waals surface area contributed by atoms with Crippen LogP contribution in [-0.2, 0) is 19.1 Å². The van der Waals surface area contributed by atoms with Gasteiger partial charge in [-0.3, -0.25) is 9.59 Å². The number of rotatable bonds is 3. The number of carbonyl (C=O) groups excluding carboxylic acids is 2. The molecule has 0 unspecified atom stereocenters. The summed E-state index contributed by atoms with van der Waals surface area (Å²) in [4.78, 5) is 21.7. The minimum atomic E-state index is -1.17. The zero-order valence-corrected chi connectivity index (χ0v) is 8.71. The second-order valence-electron chi connectivity index (χ2n) is 3.57. The molecule has 0 rings (SSSR count).